The Morgan fingerprint density at radius 2 is 0.825 bits per heavy atom. The molecule has 6 aromatic rings. The summed E-state index contributed by atoms with van der Waals surface area (Å²) in [6.07, 6.45) is 3.21. The molecule has 3 heterocycles. The fraction of sp³-hybridized carbons (Fsp3) is 0.479. The van der Waals surface area contributed by atoms with Crippen LogP contribution in [-0.2, 0) is 58.7 Å². The SMILES string of the molecule is CB(O)C(C)C.CC(C)B1OC(C)(C)C(C)(C)O1.CC(C)I=C1C(=O)OC2(CCCC2)OC1=O.CC(C)[I+]c1ccccc1.CC(C)[I+]c1cccs1.Cc1ccc(S(=O)(=O)[O-])cc1.Cc1ccc(S(=O)(=O)[O-])cc1.Cc1ccc(S(=O)(=O)[O-])cc1.Cc1ccc([I+]C(C)C)cc1. The van der Waals surface area contributed by atoms with Gasteiger partial charge in [-0.1, -0.05) is 169 Å². The molecule has 540 valence electrons. The lowest BCUT2D eigenvalue weighted by Crippen LogP contribution is -3.64. The summed E-state index contributed by atoms with van der Waals surface area (Å²) in [5, 5.41) is 10.8. The molecule has 1 N–H and O–H groups in total. The van der Waals surface area contributed by atoms with Gasteiger partial charge in [0.05, 0.1) is 25.9 Å². The second-order valence-corrected chi connectivity index (χ2v) is 48.4. The Bertz CT molecular complexity index is 3390. The molecule has 1 spiro atoms. The predicted octanol–water partition coefficient (Wildman–Crippen LogP) is 6.53. The molecule has 9 rings (SSSR count). The summed E-state index contributed by atoms with van der Waals surface area (Å²) in [4.78, 5) is 23.0. The molecule has 0 unspecified atom stereocenters. The van der Waals surface area contributed by atoms with Crippen molar-refractivity contribution in [2.45, 2.75) is 230 Å². The van der Waals surface area contributed by atoms with E-state index in [2.05, 4.69) is 162 Å². The number of ether oxygens (including phenoxy) is 2. The highest BCUT2D eigenvalue weighted by molar-refractivity contribution is 14.2. The van der Waals surface area contributed by atoms with E-state index in [-0.39, 0.29) is 85.8 Å². The van der Waals surface area contributed by atoms with Gasteiger partial charge in [0.15, 0.2) is 22.4 Å². The molecule has 3 fully saturated rings. The fourth-order valence-electron chi connectivity index (χ4n) is 7.37. The third kappa shape index (κ3) is 39.5. The van der Waals surface area contributed by atoms with Crippen molar-refractivity contribution < 1.29 is 136 Å². The first kappa shape index (κ1) is 92.3. The third-order valence-electron chi connectivity index (χ3n) is 13.6. The number of aryl methyl sites for hydroxylation is 4. The Kier molecular flexibility index (Phi) is 42.5. The van der Waals surface area contributed by atoms with Crippen LogP contribution in [0.2, 0.25) is 18.5 Å². The van der Waals surface area contributed by atoms with Gasteiger partial charge in [-0.25, -0.2) is 34.8 Å². The topological polar surface area (TPSA) is 263 Å². The number of halogens is 4. The van der Waals surface area contributed by atoms with Crippen molar-refractivity contribution in [3.05, 3.63) is 177 Å². The van der Waals surface area contributed by atoms with Gasteiger partial charge in [0.2, 0.25) is 2.88 Å². The highest BCUT2D eigenvalue weighted by atomic mass is 127. The van der Waals surface area contributed by atoms with E-state index in [0.717, 1.165) is 41.3 Å². The molecule has 0 atom stereocenters. The number of benzene rings is 5. The number of esters is 2. The lowest BCUT2D eigenvalue weighted by molar-refractivity contribution is -0.656. The lowest BCUT2D eigenvalue weighted by Gasteiger charge is -2.32. The van der Waals surface area contributed by atoms with Crippen LogP contribution in [0.5, 0.6) is 0 Å². The van der Waals surface area contributed by atoms with E-state index < -0.39 is 68.8 Å². The van der Waals surface area contributed by atoms with Crippen LogP contribution in [0, 0.1) is 37.7 Å². The Balaban J connectivity index is 0.000000550. The molecule has 5 aromatic carbocycles. The van der Waals surface area contributed by atoms with E-state index in [1.165, 1.54) is 42.0 Å². The smallest absolute Gasteiger partial charge is 0.460 e. The molecule has 3 aliphatic rings. The van der Waals surface area contributed by atoms with E-state index >= 15 is 0 Å². The molecular formula is C71H102B2I4O16S4. The molecule has 1 aromatic heterocycles. The second-order valence-electron chi connectivity index (χ2n) is 25.4. The predicted molar refractivity (Wildman–Crippen MR) is 389 cm³/mol. The Hall–Kier alpha value is -2.73. The van der Waals surface area contributed by atoms with Gasteiger partial charge >= 0.3 is 82.7 Å². The minimum Gasteiger partial charge on any atom is -0.744 e. The second kappa shape index (κ2) is 44.7. The van der Waals surface area contributed by atoms with Crippen LogP contribution in [0.25, 0.3) is 0 Å². The first-order chi connectivity index (χ1) is 44.7. The summed E-state index contributed by atoms with van der Waals surface area (Å²) in [6, 6.07) is 41.5. The lowest BCUT2D eigenvalue weighted by atomic mass is 9.61. The largest absolute Gasteiger partial charge is 0.744 e. The highest BCUT2D eigenvalue weighted by Crippen LogP contribution is 2.40. The van der Waals surface area contributed by atoms with Gasteiger partial charge in [-0.2, -0.15) is 0 Å². The van der Waals surface area contributed by atoms with Gasteiger partial charge in [-0.05, 0) is 194 Å². The Labute approximate surface area is 628 Å². The van der Waals surface area contributed by atoms with Crippen molar-refractivity contribution in [2.75, 3.05) is 0 Å². The summed E-state index contributed by atoms with van der Waals surface area (Å²) in [5.41, 5.74) is 3.79. The van der Waals surface area contributed by atoms with E-state index in [4.69, 9.17) is 23.8 Å². The monoisotopic (exact) mass is 1870 g/mol. The number of alkyl halides is 4. The first-order valence-electron chi connectivity index (χ1n) is 31.8. The zero-order valence-corrected chi connectivity index (χ0v) is 71.9. The number of carbonyl (C=O) groups is 2. The average Bonchev–Trinajstić information content (AvgIpc) is 1.69. The van der Waals surface area contributed by atoms with Gasteiger partial charge < -0.3 is 37.5 Å². The van der Waals surface area contributed by atoms with Crippen molar-refractivity contribution in [2.24, 2.45) is 0 Å². The maximum absolute atomic E-state index is 11.8. The molecule has 97 heavy (non-hydrogen) atoms. The number of thiophene rings is 1. The van der Waals surface area contributed by atoms with Gasteiger partial charge in [0.25, 0.3) is 12.7 Å². The van der Waals surface area contributed by atoms with Gasteiger partial charge in [0, 0.05) is 22.8 Å². The first-order valence-corrected chi connectivity index (χ1v) is 46.2. The molecule has 2 saturated heterocycles. The number of hydrogen-bond acceptors (Lipinski definition) is 17. The van der Waals surface area contributed by atoms with Crippen molar-refractivity contribution in [3.63, 3.8) is 0 Å². The Morgan fingerprint density at radius 1 is 0.505 bits per heavy atom. The number of rotatable bonds is 12. The van der Waals surface area contributed by atoms with Crippen molar-refractivity contribution in [3.8, 4) is 0 Å². The minimum atomic E-state index is -4.27. The van der Waals surface area contributed by atoms with Crippen LogP contribution in [0.3, 0.4) is 0 Å². The summed E-state index contributed by atoms with van der Waals surface area (Å²) in [5.74, 6) is -0.950. The van der Waals surface area contributed by atoms with Gasteiger partial charge in [0.1, 0.15) is 30.4 Å². The molecule has 0 amide bonds. The summed E-state index contributed by atoms with van der Waals surface area (Å²) in [7, 11) is -12.9. The van der Waals surface area contributed by atoms with Gasteiger partial charge in [-0.15, -0.1) is 0 Å². The standard InChI is InChI=1S/C11H15IO4.C10H14I.C9H19BO2.C9H12I.C7H10IS.3C7H8O3S.C4H11BO/c1-7(2)12-8-9(13)15-11(16-10(8)14)5-3-4-6-11;1-8(2)11-10-6-4-9(3)5-7-10;1-7(2)10-11-8(3,4)9(5,6)12-10;1-8(2)10-9-6-4-3-5-7-9;1-6(2)8-7-4-3-5-9-7;3*1-6-2-4-7(5-3-6)11(8,9)10;1-4(2)5(3)6/h7H,3-6H2,1-2H3;4-8H,1-3H3;7H,1-6H3;3-8H,1-2H3;3-6H,1-2H3;3*2-5H,1H3,(H,8,9,10);4,6H,1-3H3/q;+1;;2*+1;;;;/p-3. The summed E-state index contributed by atoms with van der Waals surface area (Å²) < 4.78 is 124. The molecule has 1 aliphatic carbocycles. The van der Waals surface area contributed by atoms with Crippen molar-refractivity contribution >= 4 is 91.9 Å². The van der Waals surface area contributed by atoms with Crippen molar-refractivity contribution in [1.82, 2.24) is 0 Å². The van der Waals surface area contributed by atoms with Crippen LogP contribution in [-0.4, -0.2) is 106 Å². The third-order valence-corrected chi connectivity index (χ3v) is 28.5. The van der Waals surface area contributed by atoms with Crippen LogP contribution in [0.1, 0.15) is 159 Å². The van der Waals surface area contributed by atoms with Crippen LogP contribution in [0.4, 0.5) is 0 Å². The van der Waals surface area contributed by atoms with E-state index in [9.17, 15) is 48.5 Å². The molecule has 2 aliphatic heterocycles. The molecule has 0 radical (unpaired) electrons. The fourth-order valence-corrected chi connectivity index (χ4v) is 19.4. The van der Waals surface area contributed by atoms with E-state index in [0.29, 0.717) is 49.6 Å². The number of carbonyl (C=O) groups excluding carboxylic acids is 2. The summed E-state index contributed by atoms with van der Waals surface area (Å²) in [6.45, 7) is 43.5. The minimum absolute atomic E-state index is 0.0463. The van der Waals surface area contributed by atoms with E-state index in [1.54, 1.807) is 53.2 Å². The molecule has 0 bridgehead atoms. The zero-order valence-electron chi connectivity index (χ0n) is 60.0. The van der Waals surface area contributed by atoms with E-state index in [1.807, 2.05) is 59.8 Å². The maximum atomic E-state index is 11.8. The molecule has 16 nitrogen and oxygen atoms in total. The van der Waals surface area contributed by atoms with Crippen LogP contribution < -0.4 is 63.6 Å². The Morgan fingerprint density at radius 3 is 1.08 bits per heavy atom. The molecule has 1 saturated carbocycles. The quantitative estimate of drug-likeness (QED) is 0.0448. The van der Waals surface area contributed by atoms with Crippen LogP contribution in [0.15, 0.2) is 160 Å². The molecule has 26 heteroatoms. The van der Waals surface area contributed by atoms with Gasteiger partial charge in [-0.3, -0.25) is 0 Å². The summed E-state index contributed by atoms with van der Waals surface area (Å²) >= 11 is 2.14. The zero-order chi connectivity index (χ0) is 74.3. The maximum Gasteiger partial charge on any atom is 0.460 e. The normalized spacial score (nSPS) is 15.0. The van der Waals surface area contributed by atoms with Crippen molar-refractivity contribution in [1.29, 1.82) is 0 Å². The average molecular weight is 1870 g/mol. The number of hydrogen-bond donors (Lipinski definition) is 1. The van der Waals surface area contributed by atoms with Crippen LogP contribution >= 0.6 is 32.1 Å². The molecular weight excluding hydrogens is 1770 g/mol. The highest BCUT2D eigenvalue weighted by Gasteiger charge is 2.52.